The SMILES string of the molecule is Cc1ccc(CNS(=O)(=O)c2ccc3oc(=O)n(C)c3c2)cc1. The minimum atomic E-state index is -3.67. The fraction of sp³-hybridized carbons (Fsp3) is 0.188. The standard InChI is InChI=1S/C16H16N2O4S/c1-11-3-5-12(6-4-11)10-17-23(20,21)13-7-8-15-14(9-13)18(2)16(19)22-15/h3-9,17H,10H2,1-2H3. The van der Waals surface area contributed by atoms with E-state index in [-0.39, 0.29) is 11.4 Å². The van der Waals surface area contributed by atoms with Crippen LogP contribution < -0.4 is 10.5 Å². The maximum atomic E-state index is 12.4. The van der Waals surface area contributed by atoms with E-state index in [4.69, 9.17) is 4.42 Å². The number of aromatic nitrogens is 1. The van der Waals surface area contributed by atoms with Gasteiger partial charge >= 0.3 is 5.76 Å². The van der Waals surface area contributed by atoms with E-state index in [0.29, 0.717) is 11.1 Å². The second kappa shape index (κ2) is 5.68. The van der Waals surface area contributed by atoms with Gasteiger partial charge in [0.05, 0.1) is 10.4 Å². The molecule has 0 unspecified atom stereocenters. The van der Waals surface area contributed by atoms with E-state index >= 15 is 0 Å². The van der Waals surface area contributed by atoms with Crippen LogP contribution in [0.15, 0.2) is 56.6 Å². The maximum Gasteiger partial charge on any atom is 0.419 e. The Kier molecular flexibility index (Phi) is 3.83. The zero-order valence-corrected chi connectivity index (χ0v) is 13.6. The predicted octanol–water partition coefficient (Wildman–Crippen LogP) is 1.92. The molecule has 1 N–H and O–H groups in total. The van der Waals surface area contributed by atoms with Crippen molar-refractivity contribution in [3.05, 3.63) is 64.1 Å². The zero-order chi connectivity index (χ0) is 16.6. The van der Waals surface area contributed by atoms with Crippen LogP contribution in [0.3, 0.4) is 0 Å². The first-order valence-corrected chi connectivity index (χ1v) is 8.50. The maximum absolute atomic E-state index is 12.4. The van der Waals surface area contributed by atoms with E-state index in [1.165, 1.54) is 29.8 Å². The van der Waals surface area contributed by atoms with Crippen LogP contribution in [0.25, 0.3) is 11.1 Å². The summed E-state index contributed by atoms with van der Waals surface area (Å²) >= 11 is 0. The molecular weight excluding hydrogens is 316 g/mol. The Labute approximate surface area is 133 Å². The molecule has 1 aromatic heterocycles. The molecular formula is C16H16N2O4S. The fourth-order valence-electron chi connectivity index (χ4n) is 2.24. The van der Waals surface area contributed by atoms with E-state index in [0.717, 1.165) is 11.1 Å². The highest BCUT2D eigenvalue weighted by atomic mass is 32.2. The first-order chi connectivity index (χ1) is 10.9. The Balaban J connectivity index is 1.88. The van der Waals surface area contributed by atoms with Gasteiger partial charge in [-0.1, -0.05) is 29.8 Å². The van der Waals surface area contributed by atoms with Gasteiger partial charge in [-0.05, 0) is 30.7 Å². The van der Waals surface area contributed by atoms with Gasteiger partial charge < -0.3 is 4.42 Å². The molecule has 0 saturated heterocycles. The molecule has 1 heterocycles. The summed E-state index contributed by atoms with van der Waals surface area (Å²) in [6.07, 6.45) is 0. The molecule has 120 valence electrons. The third-order valence-electron chi connectivity index (χ3n) is 3.66. The number of aryl methyl sites for hydroxylation is 2. The Hall–Kier alpha value is -2.38. The van der Waals surface area contributed by atoms with Gasteiger partial charge in [0, 0.05) is 13.6 Å². The van der Waals surface area contributed by atoms with E-state index in [1.54, 1.807) is 0 Å². The zero-order valence-electron chi connectivity index (χ0n) is 12.7. The lowest BCUT2D eigenvalue weighted by Crippen LogP contribution is -2.23. The molecule has 0 spiro atoms. The number of hydrogen-bond acceptors (Lipinski definition) is 4. The van der Waals surface area contributed by atoms with Crippen molar-refractivity contribution in [2.45, 2.75) is 18.4 Å². The summed E-state index contributed by atoms with van der Waals surface area (Å²) in [6, 6.07) is 11.9. The van der Waals surface area contributed by atoms with E-state index in [9.17, 15) is 13.2 Å². The van der Waals surface area contributed by atoms with Crippen molar-refractivity contribution in [3.8, 4) is 0 Å². The number of nitrogens with one attached hydrogen (secondary N) is 1. The van der Waals surface area contributed by atoms with E-state index in [1.807, 2.05) is 31.2 Å². The van der Waals surface area contributed by atoms with Crippen LogP contribution in [0.2, 0.25) is 0 Å². The van der Waals surface area contributed by atoms with Crippen molar-refractivity contribution in [3.63, 3.8) is 0 Å². The smallest absolute Gasteiger partial charge is 0.408 e. The number of rotatable bonds is 4. The second-order valence-corrected chi connectivity index (χ2v) is 7.13. The lowest BCUT2D eigenvalue weighted by Gasteiger charge is -2.07. The molecule has 6 nitrogen and oxygen atoms in total. The summed E-state index contributed by atoms with van der Waals surface area (Å²) < 4.78 is 33.6. The summed E-state index contributed by atoms with van der Waals surface area (Å²) in [4.78, 5) is 11.6. The highest BCUT2D eigenvalue weighted by molar-refractivity contribution is 7.89. The Morgan fingerprint density at radius 3 is 2.52 bits per heavy atom. The molecule has 7 heteroatoms. The Bertz CT molecular complexity index is 1010. The van der Waals surface area contributed by atoms with Crippen LogP contribution in [0.4, 0.5) is 0 Å². The minimum Gasteiger partial charge on any atom is -0.408 e. The summed E-state index contributed by atoms with van der Waals surface area (Å²) in [5.74, 6) is -0.526. The molecule has 3 rings (SSSR count). The molecule has 0 aliphatic rings. The first kappa shape index (κ1) is 15.5. The highest BCUT2D eigenvalue weighted by Crippen LogP contribution is 2.18. The van der Waals surface area contributed by atoms with Crippen molar-refractivity contribution in [1.82, 2.24) is 9.29 Å². The van der Waals surface area contributed by atoms with Crippen LogP contribution >= 0.6 is 0 Å². The number of fused-ring (bicyclic) bond motifs is 1. The molecule has 0 fully saturated rings. The van der Waals surface area contributed by atoms with Gasteiger partial charge in [0.15, 0.2) is 5.58 Å². The van der Waals surface area contributed by atoms with Crippen LogP contribution in [0.5, 0.6) is 0 Å². The minimum absolute atomic E-state index is 0.0912. The predicted molar refractivity (Wildman–Crippen MR) is 86.7 cm³/mol. The summed E-state index contributed by atoms with van der Waals surface area (Å²) in [5, 5.41) is 0. The molecule has 0 radical (unpaired) electrons. The molecule has 2 aromatic carbocycles. The average molecular weight is 332 g/mol. The van der Waals surface area contributed by atoms with Gasteiger partial charge in [0.1, 0.15) is 0 Å². The molecule has 0 aliphatic carbocycles. The molecule has 3 aromatic rings. The monoisotopic (exact) mass is 332 g/mol. The van der Waals surface area contributed by atoms with Crippen LogP contribution in [-0.4, -0.2) is 13.0 Å². The average Bonchev–Trinajstić information content (AvgIpc) is 2.81. The van der Waals surface area contributed by atoms with Gasteiger partial charge in [-0.15, -0.1) is 0 Å². The van der Waals surface area contributed by atoms with Crippen molar-refractivity contribution >= 4 is 21.1 Å². The van der Waals surface area contributed by atoms with E-state index < -0.39 is 15.8 Å². The van der Waals surface area contributed by atoms with E-state index in [2.05, 4.69) is 4.72 Å². The fourth-order valence-corrected chi connectivity index (χ4v) is 3.28. The number of sulfonamides is 1. The van der Waals surface area contributed by atoms with Gasteiger partial charge in [0.2, 0.25) is 10.0 Å². The largest absolute Gasteiger partial charge is 0.419 e. The molecule has 0 aliphatic heterocycles. The molecule has 0 atom stereocenters. The third-order valence-corrected chi connectivity index (χ3v) is 5.06. The second-order valence-electron chi connectivity index (χ2n) is 5.37. The number of nitrogens with zero attached hydrogens (tertiary/aromatic N) is 1. The van der Waals surface area contributed by atoms with Gasteiger partial charge in [-0.3, -0.25) is 4.57 Å². The van der Waals surface area contributed by atoms with Crippen molar-refractivity contribution in [1.29, 1.82) is 0 Å². The molecule has 0 saturated carbocycles. The molecule has 23 heavy (non-hydrogen) atoms. The Morgan fingerprint density at radius 1 is 1.13 bits per heavy atom. The van der Waals surface area contributed by atoms with Crippen molar-refractivity contribution < 1.29 is 12.8 Å². The first-order valence-electron chi connectivity index (χ1n) is 7.01. The van der Waals surface area contributed by atoms with Gasteiger partial charge in [-0.2, -0.15) is 0 Å². The quantitative estimate of drug-likeness (QED) is 0.791. The lowest BCUT2D eigenvalue weighted by atomic mass is 10.2. The lowest BCUT2D eigenvalue weighted by molar-refractivity contribution is 0.528. The van der Waals surface area contributed by atoms with Gasteiger partial charge in [-0.25, -0.2) is 17.9 Å². The third kappa shape index (κ3) is 3.06. The Morgan fingerprint density at radius 2 is 1.83 bits per heavy atom. The normalized spacial score (nSPS) is 11.9. The number of hydrogen-bond donors (Lipinski definition) is 1. The van der Waals surface area contributed by atoms with Crippen molar-refractivity contribution in [2.75, 3.05) is 0 Å². The number of oxazole rings is 1. The van der Waals surface area contributed by atoms with Gasteiger partial charge in [0.25, 0.3) is 0 Å². The summed E-state index contributed by atoms with van der Waals surface area (Å²) in [7, 11) is -2.14. The summed E-state index contributed by atoms with van der Waals surface area (Å²) in [6.45, 7) is 2.17. The van der Waals surface area contributed by atoms with Crippen LogP contribution in [-0.2, 0) is 23.6 Å². The summed E-state index contributed by atoms with van der Waals surface area (Å²) in [5.41, 5.74) is 2.78. The number of benzene rings is 2. The molecule has 0 amide bonds. The molecule has 0 bridgehead atoms. The highest BCUT2D eigenvalue weighted by Gasteiger charge is 2.16. The van der Waals surface area contributed by atoms with Crippen molar-refractivity contribution in [2.24, 2.45) is 7.05 Å². The topological polar surface area (TPSA) is 81.3 Å². The van der Waals surface area contributed by atoms with Crippen LogP contribution in [0, 0.1) is 6.92 Å². The van der Waals surface area contributed by atoms with Crippen LogP contribution in [0.1, 0.15) is 11.1 Å².